The van der Waals surface area contributed by atoms with Crippen LogP contribution in [0.4, 0.5) is 0 Å². The van der Waals surface area contributed by atoms with Crippen LogP contribution in [-0.2, 0) is 12.2 Å². The van der Waals surface area contributed by atoms with E-state index in [0.717, 1.165) is 33.5 Å². The van der Waals surface area contributed by atoms with E-state index in [0.29, 0.717) is 6.54 Å². The zero-order valence-corrected chi connectivity index (χ0v) is 11.4. The third kappa shape index (κ3) is 3.98. The molecule has 0 amide bonds. The quantitative estimate of drug-likeness (QED) is 0.855. The molecule has 0 aliphatic rings. The highest BCUT2D eigenvalue weighted by Gasteiger charge is 2.00. The molecule has 0 saturated heterocycles. The van der Waals surface area contributed by atoms with E-state index in [-0.39, 0.29) is 0 Å². The zero-order chi connectivity index (χ0) is 12.8. The summed E-state index contributed by atoms with van der Waals surface area (Å²) < 4.78 is 0. The van der Waals surface area contributed by atoms with Gasteiger partial charge in [0.05, 0.1) is 5.75 Å². The highest BCUT2D eigenvalue weighted by molar-refractivity contribution is 7.98. The second-order valence-corrected chi connectivity index (χ2v) is 5.28. The van der Waals surface area contributed by atoms with Crippen molar-refractivity contribution in [3.05, 3.63) is 53.1 Å². The molecule has 94 valence electrons. The maximum atomic E-state index is 5.93. The molecular weight excluding hydrogens is 266 g/mol. The molecule has 18 heavy (non-hydrogen) atoms. The van der Waals surface area contributed by atoms with Crippen molar-refractivity contribution >= 4 is 23.4 Å². The van der Waals surface area contributed by atoms with Crippen molar-refractivity contribution < 1.29 is 0 Å². The largest absolute Gasteiger partial charge is 0.330 e. The Morgan fingerprint density at radius 3 is 2.67 bits per heavy atom. The number of nitrogens with zero attached hydrogens (tertiary/aromatic N) is 2. The molecule has 0 unspecified atom stereocenters. The fourth-order valence-electron chi connectivity index (χ4n) is 1.46. The monoisotopic (exact) mass is 279 g/mol. The topological polar surface area (TPSA) is 51.8 Å². The van der Waals surface area contributed by atoms with Gasteiger partial charge in [0, 0.05) is 22.3 Å². The van der Waals surface area contributed by atoms with E-state index in [1.807, 2.05) is 36.7 Å². The molecule has 0 fully saturated rings. The lowest BCUT2D eigenvalue weighted by Crippen LogP contribution is -2.04. The zero-order valence-electron chi connectivity index (χ0n) is 9.84. The minimum Gasteiger partial charge on any atom is -0.330 e. The average Bonchev–Trinajstić information content (AvgIpc) is 2.38. The summed E-state index contributed by atoms with van der Waals surface area (Å²) >= 11 is 7.60. The Morgan fingerprint density at radius 2 is 2.00 bits per heavy atom. The van der Waals surface area contributed by atoms with Crippen LogP contribution >= 0.6 is 23.4 Å². The van der Waals surface area contributed by atoms with Gasteiger partial charge in [-0.1, -0.05) is 17.7 Å². The normalized spacial score (nSPS) is 10.6. The smallest absolute Gasteiger partial charge is 0.138 e. The predicted molar refractivity (Wildman–Crippen MR) is 75.8 cm³/mol. The Morgan fingerprint density at radius 1 is 1.22 bits per heavy atom. The first-order valence-electron chi connectivity index (χ1n) is 5.66. The first-order valence-corrected chi connectivity index (χ1v) is 7.02. The molecule has 0 bridgehead atoms. The van der Waals surface area contributed by atoms with Gasteiger partial charge in [-0.3, -0.25) is 0 Å². The lowest BCUT2D eigenvalue weighted by molar-refractivity contribution is 0.920. The summed E-state index contributed by atoms with van der Waals surface area (Å²) in [5.74, 6) is 1.56. The summed E-state index contributed by atoms with van der Waals surface area (Å²) in [5.41, 5.74) is 6.55. The molecule has 5 heteroatoms. The van der Waals surface area contributed by atoms with Crippen LogP contribution in [0.5, 0.6) is 0 Å². The first-order chi connectivity index (χ1) is 8.78. The molecule has 0 radical (unpaired) electrons. The lowest BCUT2D eigenvalue weighted by Gasteiger charge is -2.02. The summed E-state index contributed by atoms with van der Waals surface area (Å²) in [6.07, 6.45) is 4.50. The van der Waals surface area contributed by atoms with E-state index in [9.17, 15) is 0 Å². The Hall–Kier alpha value is -1.10. The maximum absolute atomic E-state index is 5.93. The van der Waals surface area contributed by atoms with E-state index < -0.39 is 0 Å². The molecule has 2 N–H and O–H groups in total. The summed E-state index contributed by atoms with van der Waals surface area (Å²) in [5, 5.41) is 0.749. The number of hydrogen-bond acceptors (Lipinski definition) is 4. The lowest BCUT2D eigenvalue weighted by atomic mass is 10.2. The van der Waals surface area contributed by atoms with Gasteiger partial charge >= 0.3 is 0 Å². The van der Waals surface area contributed by atoms with E-state index in [4.69, 9.17) is 17.3 Å². The van der Waals surface area contributed by atoms with Crippen molar-refractivity contribution in [1.29, 1.82) is 0 Å². The average molecular weight is 280 g/mol. The number of nitrogens with two attached hydrogens (primary N) is 1. The van der Waals surface area contributed by atoms with Crippen molar-refractivity contribution in [2.45, 2.75) is 17.1 Å². The van der Waals surface area contributed by atoms with Gasteiger partial charge in [0.1, 0.15) is 5.82 Å². The van der Waals surface area contributed by atoms with Crippen molar-refractivity contribution in [3.63, 3.8) is 0 Å². The van der Waals surface area contributed by atoms with Gasteiger partial charge in [-0.25, -0.2) is 9.97 Å². The van der Waals surface area contributed by atoms with Crippen LogP contribution in [0.15, 0.2) is 41.6 Å². The van der Waals surface area contributed by atoms with E-state index in [2.05, 4.69) is 9.97 Å². The Kier molecular flexibility index (Phi) is 4.99. The molecule has 0 saturated carbocycles. The van der Waals surface area contributed by atoms with Gasteiger partial charge in [0.15, 0.2) is 0 Å². The molecular formula is C13H14ClN3S. The van der Waals surface area contributed by atoms with Gasteiger partial charge in [-0.15, -0.1) is 11.8 Å². The number of thioether (sulfide) groups is 1. The predicted octanol–water partition coefficient (Wildman–Crippen LogP) is 2.92. The fraction of sp³-hybridized carbons (Fsp3) is 0.231. The van der Waals surface area contributed by atoms with Gasteiger partial charge in [0.2, 0.25) is 0 Å². The number of benzene rings is 1. The maximum Gasteiger partial charge on any atom is 0.138 e. The Balaban J connectivity index is 1.93. The second-order valence-electron chi connectivity index (χ2n) is 3.79. The van der Waals surface area contributed by atoms with E-state index in [1.165, 1.54) is 0 Å². The van der Waals surface area contributed by atoms with Crippen LogP contribution in [-0.4, -0.2) is 16.5 Å². The fourth-order valence-corrected chi connectivity index (χ4v) is 2.54. The highest BCUT2D eigenvalue weighted by Crippen LogP contribution is 2.23. The van der Waals surface area contributed by atoms with Crippen LogP contribution in [0.1, 0.15) is 11.4 Å². The van der Waals surface area contributed by atoms with Crippen LogP contribution in [0.25, 0.3) is 0 Å². The molecule has 0 spiro atoms. The standard InChI is InChI=1S/C13H14ClN3S/c14-11-2-1-3-12(6-11)18-9-13-16-7-10(4-5-15)8-17-13/h1-3,6-8H,4-5,9,15H2. The molecule has 3 nitrogen and oxygen atoms in total. The van der Waals surface area contributed by atoms with Crippen LogP contribution in [0.3, 0.4) is 0 Å². The highest BCUT2D eigenvalue weighted by atomic mass is 35.5. The third-order valence-electron chi connectivity index (χ3n) is 2.36. The molecule has 1 aromatic heterocycles. The van der Waals surface area contributed by atoms with Gasteiger partial charge in [-0.2, -0.15) is 0 Å². The number of hydrogen-bond donors (Lipinski definition) is 1. The Labute approximate surface area is 116 Å². The van der Waals surface area contributed by atoms with Gasteiger partial charge in [-0.05, 0) is 36.7 Å². The number of aromatic nitrogens is 2. The molecule has 2 rings (SSSR count). The number of rotatable bonds is 5. The van der Waals surface area contributed by atoms with E-state index in [1.54, 1.807) is 11.8 Å². The summed E-state index contributed by atoms with van der Waals surface area (Å²) in [6.45, 7) is 0.625. The SMILES string of the molecule is NCCc1cnc(CSc2cccc(Cl)c2)nc1. The molecule has 0 aliphatic carbocycles. The van der Waals surface area contributed by atoms with Crippen LogP contribution in [0, 0.1) is 0 Å². The summed E-state index contributed by atoms with van der Waals surface area (Å²) in [6, 6.07) is 7.77. The second kappa shape index (κ2) is 6.73. The Bertz CT molecular complexity index is 502. The van der Waals surface area contributed by atoms with Crippen LogP contribution in [0.2, 0.25) is 5.02 Å². The van der Waals surface area contributed by atoms with Crippen molar-refractivity contribution in [2.24, 2.45) is 5.73 Å². The molecule has 0 atom stereocenters. The minimum atomic E-state index is 0.625. The van der Waals surface area contributed by atoms with E-state index >= 15 is 0 Å². The molecule has 0 aliphatic heterocycles. The summed E-state index contributed by atoms with van der Waals surface area (Å²) in [4.78, 5) is 9.75. The van der Waals surface area contributed by atoms with Crippen molar-refractivity contribution in [3.8, 4) is 0 Å². The number of halogens is 1. The molecule has 2 aromatic rings. The summed E-state index contributed by atoms with van der Waals surface area (Å²) in [7, 11) is 0. The first kappa shape index (κ1) is 13.3. The molecule has 1 heterocycles. The van der Waals surface area contributed by atoms with Gasteiger partial charge < -0.3 is 5.73 Å². The minimum absolute atomic E-state index is 0.625. The third-order valence-corrected chi connectivity index (χ3v) is 3.58. The van der Waals surface area contributed by atoms with Crippen LogP contribution < -0.4 is 5.73 Å². The van der Waals surface area contributed by atoms with Crippen molar-refractivity contribution in [2.75, 3.05) is 6.54 Å². The van der Waals surface area contributed by atoms with Crippen molar-refractivity contribution in [1.82, 2.24) is 9.97 Å². The van der Waals surface area contributed by atoms with Gasteiger partial charge in [0.25, 0.3) is 0 Å². The molecule has 1 aromatic carbocycles.